The Morgan fingerprint density at radius 2 is 1.57 bits per heavy atom. The van der Waals surface area contributed by atoms with Crippen molar-refractivity contribution in [3.05, 3.63) is 71.5 Å². The van der Waals surface area contributed by atoms with Crippen LogP contribution in [0.3, 0.4) is 0 Å². The molecule has 0 bridgehead atoms. The Hall–Kier alpha value is -1.67. The standard InChI is InChI=1S/C19H24FN/c1-19(2,3)13-18(16-7-5-4-6-8-16)21-14-15-9-11-17(20)12-10-15/h4-12,18,21H,13-14H2,1-3H3. The maximum absolute atomic E-state index is 13.0. The summed E-state index contributed by atoms with van der Waals surface area (Å²) in [6, 6.07) is 17.5. The number of halogens is 1. The average Bonchev–Trinajstić information content (AvgIpc) is 2.45. The normalized spacial score (nSPS) is 13.1. The average molecular weight is 285 g/mol. The van der Waals surface area contributed by atoms with Crippen LogP contribution in [0.2, 0.25) is 0 Å². The first-order chi connectivity index (χ1) is 9.94. The van der Waals surface area contributed by atoms with E-state index in [0.717, 1.165) is 18.5 Å². The van der Waals surface area contributed by atoms with Gasteiger partial charge < -0.3 is 5.32 Å². The molecule has 0 aliphatic rings. The third-order valence-corrected chi connectivity index (χ3v) is 3.48. The van der Waals surface area contributed by atoms with E-state index in [9.17, 15) is 4.39 Å². The van der Waals surface area contributed by atoms with Gasteiger partial charge in [-0.15, -0.1) is 0 Å². The number of hydrogen-bond donors (Lipinski definition) is 1. The highest BCUT2D eigenvalue weighted by Gasteiger charge is 2.19. The topological polar surface area (TPSA) is 12.0 Å². The number of rotatable bonds is 5. The molecule has 2 aromatic carbocycles. The molecule has 0 heterocycles. The molecule has 2 rings (SSSR count). The van der Waals surface area contributed by atoms with Crippen molar-refractivity contribution in [2.24, 2.45) is 5.41 Å². The van der Waals surface area contributed by atoms with Gasteiger partial charge in [-0.2, -0.15) is 0 Å². The molecule has 0 aliphatic heterocycles. The van der Waals surface area contributed by atoms with E-state index in [4.69, 9.17) is 0 Å². The second kappa shape index (κ2) is 6.86. The molecule has 0 aliphatic carbocycles. The van der Waals surface area contributed by atoms with Gasteiger partial charge in [0, 0.05) is 12.6 Å². The van der Waals surface area contributed by atoms with E-state index in [0.29, 0.717) is 6.04 Å². The third kappa shape index (κ3) is 5.31. The summed E-state index contributed by atoms with van der Waals surface area (Å²) in [7, 11) is 0. The maximum Gasteiger partial charge on any atom is 0.123 e. The van der Waals surface area contributed by atoms with Crippen LogP contribution in [0.15, 0.2) is 54.6 Å². The lowest BCUT2D eigenvalue weighted by atomic mass is 9.85. The lowest BCUT2D eigenvalue weighted by molar-refractivity contribution is 0.310. The van der Waals surface area contributed by atoms with Crippen molar-refractivity contribution < 1.29 is 4.39 Å². The first-order valence-electron chi connectivity index (χ1n) is 7.47. The Morgan fingerprint density at radius 3 is 2.14 bits per heavy atom. The monoisotopic (exact) mass is 285 g/mol. The summed E-state index contributed by atoms with van der Waals surface area (Å²) in [5.74, 6) is -0.187. The zero-order valence-corrected chi connectivity index (χ0v) is 13.1. The van der Waals surface area contributed by atoms with Crippen LogP contribution in [-0.4, -0.2) is 0 Å². The van der Waals surface area contributed by atoms with Crippen molar-refractivity contribution in [3.63, 3.8) is 0 Å². The van der Waals surface area contributed by atoms with Gasteiger partial charge in [0.05, 0.1) is 0 Å². The molecule has 0 amide bonds. The van der Waals surface area contributed by atoms with E-state index < -0.39 is 0 Å². The summed E-state index contributed by atoms with van der Waals surface area (Å²) in [4.78, 5) is 0. The van der Waals surface area contributed by atoms with E-state index in [1.165, 1.54) is 17.7 Å². The van der Waals surface area contributed by atoms with Gasteiger partial charge in [-0.25, -0.2) is 4.39 Å². The molecule has 2 aromatic rings. The zero-order chi connectivity index (χ0) is 15.3. The Bertz CT molecular complexity index is 540. The molecule has 1 nitrogen and oxygen atoms in total. The smallest absolute Gasteiger partial charge is 0.123 e. The van der Waals surface area contributed by atoms with Crippen LogP contribution in [0.5, 0.6) is 0 Å². The van der Waals surface area contributed by atoms with Crippen molar-refractivity contribution in [1.82, 2.24) is 5.32 Å². The van der Waals surface area contributed by atoms with Gasteiger partial charge in [-0.1, -0.05) is 63.2 Å². The molecule has 2 heteroatoms. The fourth-order valence-corrected chi connectivity index (χ4v) is 2.45. The van der Waals surface area contributed by atoms with Crippen LogP contribution in [-0.2, 0) is 6.54 Å². The van der Waals surface area contributed by atoms with Crippen LogP contribution in [0, 0.1) is 11.2 Å². The predicted molar refractivity (Wildman–Crippen MR) is 86.5 cm³/mol. The third-order valence-electron chi connectivity index (χ3n) is 3.48. The summed E-state index contributed by atoms with van der Waals surface area (Å²) in [6.45, 7) is 7.50. The first kappa shape index (κ1) is 15.7. The molecule has 0 spiro atoms. The van der Waals surface area contributed by atoms with E-state index in [-0.39, 0.29) is 11.2 Å². The Balaban J connectivity index is 2.07. The van der Waals surface area contributed by atoms with Crippen molar-refractivity contribution >= 4 is 0 Å². The minimum absolute atomic E-state index is 0.187. The molecule has 1 unspecified atom stereocenters. The molecule has 0 saturated heterocycles. The summed E-state index contributed by atoms with van der Waals surface area (Å²) in [5.41, 5.74) is 2.65. The fraction of sp³-hybridized carbons (Fsp3) is 0.368. The number of hydrogen-bond acceptors (Lipinski definition) is 1. The second-order valence-electron chi connectivity index (χ2n) is 6.74. The SMILES string of the molecule is CC(C)(C)CC(NCc1ccc(F)cc1)c1ccccc1. The molecule has 0 radical (unpaired) electrons. The van der Waals surface area contributed by atoms with E-state index in [1.54, 1.807) is 0 Å². The second-order valence-corrected chi connectivity index (χ2v) is 6.74. The lowest BCUT2D eigenvalue weighted by Gasteiger charge is -2.27. The maximum atomic E-state index is 13.0. The fourth-order valence-electron chi connectivity index (χ4n) is 2.45. The van der Waals surface area contributed by atoms with Gasteiger partial charge in [-0.05, 0) is 35.1 Å². The molecular formula is C19H24FN. The first-order valence-corrected chi connectivity index (χ1v) is 7.47. The predicted octanol–water partition coefficient (Wildman–Crippen LogP) is 5.09. The van der Waals surface area contributed by atoms with Gasteiger partial charge in [-0.3, -0.25) is 0 Å². The van der Waals surface area contributed by atoms with Gasteiger partial charge in [0.25, 0.3) is 0 Å². The summed E-state index contributed by atoms with van der Waals surface area (Å²) >= 11 is 0. The van der Waals surface area contributed by atoms with Gasteiger partial charge in [0.1, 0.15) is 5.82 Å². The Kier molecular flexibility index (Phi) is 5.13. The van der Waals surface area contributed by atoms with Crippen molar-refractivity contribution in [1.29, 1.82) is 0 Å². The highest BCUT2D eigenvalue weighted by molar-refractivity contribution is 5.20. The Labute approximate surface area is 127 Å². The molecule has 0 fully saturated rings. The highest BCUT2D eigenvalue weighted by atomic mass is 19.1. The van der Waals surface area contributed by atoms with Gasteiger partial charge in [0.2, 0.25) is 0 Å². The molecule has 1 atom stereocenters. The summed E-state index contributed by atoms with van der Waals surface area (Å²) in [6.07, 6.45) is 1.05. The molecule has 112 valence electrons. The number of benzene rings is 2. The molecular weight excluding hydrogens is 261 g/mol. The molecule has 21 heavy (non-hydrogen) atoms. The molecule has 1 N–H and O–H groups in total. The minimum Gasteiger partial charge on any atom is -0.306 e. The quantitative estimate of drug-likeness (QED) is 0.806. The minimum atomic E-state index is -0.187. The van der Waals surface area contributed by atoms with Crippen LogP contribution in [0.1, 0.15) is 44.4 Å². The van der Waals surface area contributed by atoms with E-state index in [1.807, 2.05) is 18.2 Å². The molecule has 0 saturated carbocycles. The number of nitrogens with one attached hydrogen (secondary N) is 1. The van der Waals surface area contributed by atoms with Crippen LogP contribution in [0.4, 0.5) is 4.39 Å². The van der Waals surface area contributed by atoms with Gasteiger partial charge >= 0.3 is 0 Å². The molecule has 0 aromatic heterocycles. The van der Waals surface area contributed by atoms with Crippen molar-refractivity contribution in [2.45, 2.75) is 39.8 Å². The van der Waals surface area contributed by atoms with Crippen LogP contribution >= 0.6 is 0 Å². The van der Waals surface area contributed by atoms with Gasteiger partial charge in [0.15, 0.2) is 0 Å². The Morgan fingerprint density at radius 1 is 0.952 bits per heavy atom. The van der Waals surface area contributed by atoms with E-state index >= 15 is 0 Å². The van der Waals surface area contributed by atoms with Crippen molar-refractivity contribution in [3.8, 4) is 0 Å². The zero-order valence-electron chi connectivity index (χ0n) is 13.1. The summed E-state index contributed by atoms with van der Waals surface area (Å²) in [5, 5.41) is 3.61. The summed E-state index contributed by atoms with van der Waals surface area (Å²) < 4.78 is 13.0. The van der Waals surface area contributed by atoms with Crippen molar-refractivity contribution in [2.75, 3.05) is 0 Å². The largest absolute Gasteiger partial charge is 0.306 e. The van der Waals surface area contributed by atoms with Crippen LogP contribution in [0.25, 0.3) is 0 Å². The van der Waals surface area contributed by atoms with Crippen LogP contribution < -0.4 is 5.32 Å². The van der Waals surface area contributed by atoms with E-state index in [2.05, 4.69) is 50.4 Å². The lowest BCUT2D eigenvalue weighted by Crippen LogP contribution is -2.25. The highest BCUT2D eigenvalue weighted by Crippen LogP contribution is 2.29.